The molecule has 5 heteroatoms. The monoisotopic (exact) mass is 360 g/mol. The molecule has 0 saturated carbocycles. The Morgan fingerprint density at radius 2 is 1.48 bits per heavy atom. The maximum atomic E-state index is 6.28. The number of benzene rings is 2. The van der Waals surface area contributed by atoms with Crippen LogP contribution in [-0.4, -0.2) is 50.2 Å². The summed E-state index contributed by atoms with van der Waals surface area (Å²) in [6.07, 6.45) is 0. The Labute approximate surface area is 154 Å². The molecule has 0 atom stereocenters. The van der Waals surface area contributed by atoms with E-state index in [1.54, 1.807) is 14.2 Å². The highest BCUT2D eigenvalue weighted by Gasteiger charge is 2.19. The van der Waals surface area contributed by atoms with E-state index in [4.69, 9.17) is 21.1 Å². The van der Waals surface area contributed by atoms with Gasteiger partial charge in [-0.05, 0) is 17.7 Å². The van der Waals surface area contributed by atoms with E-state index in [9.17, 15) is 0 Å². The quantitative estimate of drug-likeness (QED) is 0.784. The summed E-state index contributed by atoms with van der Waals surface area (Å²) in [7, 11) is 3.38. The summed E-state index contributed by atoms with van der Waals surface area (Å²) < 4.78 is 10.8. The van der Waals surface area contributed by atoms with Crippen LogP contribution in [-0.2, 0) is 13.1 Å². The van der Waals surface area contributed by atoms with Crippen LogP contribution in [0, 0.1) is 0 Å². The van der Waals surface area contributed by atoms with Gasteiger partial charge in [-0.25, -0.2) is 0 Å². The minimum atomic E-state index is 0.824. The summed E-state index contributed by atoms with van der Waals surface area (Å²) in [6, 6.07) is 14.1. The van der Waals surface area contributed by atoms with Crippen LogP contribution in [0.2, 0.25) is 5.02 Å². The van der Waals surface area contributed by atoms with Crippen molar-refractivity contribution in [2.45, 2.75) is 13.1 Å². The van der Waals surface area contributed by atoms with Crippen LogP contribution in [0.4, 0.5) is 0 Å². The third kappa shape index (κ3) is 4.66. The van der Waals surface area contributed by atoms with E-state index in [-0.39, 0.29) is 0 Å². The molecule has 0 bridgehead atoms. The SMILES string of the molecule is COc1ccc(CN2CCN(Cc3ccccc3Cl)CC2)c(OC)c1. The first-order chi connectivity index (χ1) is 12.2. The molecule has 4 nitrogen and oxygen atoms in total. The number of nitrogens with zero attached hydrogens (tertiary/aromatic N) is 2. The highest BCUT2D eigenvalue weighted by molar-refractivity contribution is 6.31. The second kappa shape index (κ2) is 8.56. The minimum absolute atomic E-state index is 0.824. The van der Waals surface area contributed by atoms with Gasteiger partial charge < -0.3 is 9.47 Å². The van der Waals surface area contributed by atoms with Gasteiger partial charge in [0.25, 0.3) is 0 Å². The molecule has 134 valence electrons. The third-order valence-corrected chi connectivity index (χ3v) is 5.07. The summed E-state index contributed by atoms with van der Waals surface area (Å²) in [5.74, 6) is 1.71. The molecule has 0 aromatic heterocycles. The third-order valence-electron chi connectivity index (χ3n) is 4.70. The van der Waals surface area contributed by atoms with Gasteiger partial charge in [0.05, 0.1) is 14.2 Å². The molecule has 1 aliphatic rings. The van der Waals surface area contributed by atoms with Crippen molar-refractivity contribution in [3.8, 4) is 11.5 Å². The first-order valence-corrected chi connectivity index (χ1v) is 8.96. The zero-order valence-corrected chi connectivity index (χ0v) is 15.6. The molecule has 1 heterocycles. The Hall–Kier alpha value is -1.75. The average Bonchev–Trinajstić information content (AvgIpc) is 2.65. The lowest BCUT2D eigenvalue weighted by Crippen LogP contribution is -2.45. The Morgan fingerprint density at radius 1 is 0.840 bits per heavy atom. The summed E-state index contributed by atoms with van der Waals surface area (Å²) in [5.41, 5.74) is 2.40. The van der Waals surface area contributed by atoms with E-state index in [1.165, 1.54) is 11.1 Å². The zero-order chi connectivity index (χ0) is 17.6. The van der Waals surface area contributed by atoms with Crippen LogP contribution in [0.15, 0.2) is 42.5 Å². The molecular weight excluding hydrogens is 336 g/mol. The fourth-order valence-electron chi connectivity index (χ4n) is 3.20. The Kier molecular flexibility index (Phi) is 6.19. The van der Waals surface area contributed by atoms with Crippen LogP contribution in [0.25, 0.3) is 0 Å². The van der Waals surface area contributed by atoms with Gasteiger partial charge in [0.1, 0.15) is 11.5 Å². The molecule has 0 unspecified atom stereocenters. The summed E-state index contributed by atoms with van der Waals surface area (Å²) in [5, 5.41) is 0.855. The van der Waals surface area contributed by atoms with E-state index in [0.717, 1.165) is 55.8 Å². The number of methoxy groups -OCH3 is 2. The largest absolute Gasteiger partial charge is 0.497 e. The zero-order valence-electron chi connectivity index (χ0n) is 14.9. The van der Waals surface area contributed by atoms with Crippen molar-refractivity contribution in [2.75, 3.05) is 40.4 Å². The Morgan fingerprint density at radius 3 is 2.08 bits per heavy atom. The van der Waals surface area contributed by atoms with E-state index in [0.29, 0.717) is 0 Å². The average molecular weight is 361 g/mol. The van der Waals surface area contributed by atoms with Gasteiger partial charge in [-0.1, -0.05) is 35.9 Å². The predicted molar refractivity (Wildman–Crippen MR) is 102 cm³/mol. The first kappa shape index (κ1) is 18.1. The van der Waals surface area contributed by atoms with E-state index >= 15 is 0 Å². The van der Waals surface area contributed by atoms with Crippen LogP contribution in [0.5, 0.6) is 11.5 Å². The van der Waals surface area contributed by atoms with Gasteiger partial charge >= 0.3 is 0 Å². The maximum Gasteiger partial charge on any atom is 0.127 e. The number of ether oxygens (including phenoxy) is 2. The van der Waals surface area contributed by atoms with Gasteiger partial charge in [-0.2, -0.15) is 0 Å². The van der Waals surface area contributed by atoms with Crippen molar-refractivity contribution in [1.82, 2.24) is 9.80 Å². The van der Waals surface area contributed by atoms with Gasteiger partial charge in [0, 0.05) is 55.9 Å². The van der Waals surface area contributed by atoms with Crippen molar-refractivity contribution in [2.24, 2.45) is 0 Å². The molecule has 25 heavy (non-hydrogen) atoms. The molecular formula is C20H25ClN2O2. The highest BCUT2D eigenvalue weighted by atomic mass is 35.5. The van der Waals surface area contributed by atoms with Crippen molar-refractivity contribution in [3.05, 3.63) is 58.6 Å². The van der Waals surface area contributed by atoms with Crippen molar-refractivity contribution in [1.29, 1.82) is 0 Å². The van der Waals surface area contributed by atoms with E-state index in [1.807, 2.05) is 30.3 Å². The molecule has 0 N–H and O–H groups in total. The van der Waals surface area contributed by atoms with Gasteiger partial charge in [0.2, 0.25) is 0 Å². The molecule has 0 spiro atoms. The molecule has 2 aromatic carbocycles. The lowest BCUT2D eigenvalue weighted by atomic mass is 10.1. The first-order valence-electron chi connectivity index (χ1n) is 8.58. The van der Waals surface area contributed by atoms with Crippen LogP contribution >= 0.6 is 11.6 Å². The smallest absolute Gasteiger partial charge is 0.127 e. The Bertz CT molecular complexity index is 700. The number of piperazine rings is 1. The molecule has 1 aliphatic heterocycles. The van der Waals surface area contributed by atoms with E-state index in [2.05, 4.69) is 21.9 Å². The van der Waals surface area contributed by atoms with Crippen molar-refractivity contribution >= 4 is 11.6 Å². The molecule has 1 saturated heterocycles. The minimum Gasteiger partial charge on any atom is -0.497 e. The van der Waals surface area contributed by atoms with Crippen LogP contribution < -0.4 is 9.47 Å². The topological polar surface area (TPSA) is 24.9 Å². The number of hydrogen-bond acceptors (Lipinski definition) is 4. The molecule has 0 radical (unpaired) electrons. The number of halogens is 1. The maximum absolute atomic E-state index is 6.28. The number of hydrogen-bond donors (Lipinski definition) is 0. The second-order valence-corrected chi connectivity index (χ2v) is 6.73. The lowest BCUT2D eigenvalue weighted by Gasteiger charge is -2.35. The van der Waals surface area contributed by atoms with Gasteiger partial charge in [0.15, 0.2) is 0 Å². The van der Waals surface area contributed by atoms with Crippen LogP contribution in [0.1, 0.15) is 11.1 Å². The molecule has 3 rings (SSSR count). The summed E-state index contributed by atoms with van der Waals surface area (Å²) in [4.78, 5) is 4.93. The second-order valence-electron chi connectivity index (χ2n) is 6.32. The molecule has 0 aliphatic carbocycles. The molecule has 2 aromatic rings. The van der Waals surface area contributed by atoms with Crippen LogP contribution in [0.3, 0.4) is 0 Å². The van der Waals surface area contributed by atoms with Gasteiger partial charge in [-0.3, -0.25) is 9.80 Å². The fourth-order valence-corrected chi connectivity index (χ4v) is 3.39. The molecule has 1 fully saturated rings. The van der Waals surface area contributed by atoms with Crippen molar-refractivity contribution in [3.63, 3.8) is 0 Å². The van der Waals surface area contributed by atoms with Gasteiger partial charge in [-0.15, -0.1) is 0 Å². The Balaban J connectivity index is 1.55. The highest BCUT2D eigenvalue weighted by Crippen LogP contribution is 2.26. The normalized spacial score (nSPS) is 16.0. The summed E-state index contributed by atoms with van der Waals surface area (Å²) in [6.45, 7) is 5.99. The summed E-state index contributed by atoms with van der Waals surface area (Å²) >= 11 is 6.28. The number of rotatable bonds is 6. The predicted octanol–water partition coefficient (Wildman–Crippen LogP) is 3.68. The lowest BCUT2D eigenvalue weighted by molar-refractivity contribution is 0.121. The van der Waals surface area contributed by atoms with Crippen molar-refractivity contribution < 1.29 is 9.47 Å². The van der Waals surface area contributed by atoms with E-state index < -0.39 is 0 Å². The standard InChI is InChI=1S/C20H25ClN2O2/c1-24-18-8-7-17(20(13-18)25-2)15-23-11-9-22(10-12-23)14-16-5-3-4-6-19(16)21/h3-8,13H,9-12,14-15H2,1-2H3. The fraction of sp³-hybridized carbons (Fsp3) is 0.400. The molecule has 0 amide bonds.